The second-order valence-corrected chi connectivity index (χ2v) is 5.21. The van der Waals surface area contributed by atoms with Crippen molar-refractivity contribution in [2.24, 2.45) is 4.99 Å². The molecular formula is C15H21F3IN3O2. The normalized spacial score (nSPS) is 18.3. The first kappa shape index (κ1) is 20.8. The number of β-amino-alcohol motifs (C(OH)–C–C–N with tert-alkyl or cyclic N) is 1. The zero-order chi connectivity index (χ0) is 16.9. The van der Waals surface area contributed by atoms with E-state index in [4.69, 9.17) is 0 Å². The molecule has 2 rings (SSSR count). The molecule has 24 heavy (non-hydrogen) atoms. The SMILES string of the molecule is CCNC(=NCc1ccccc1OC(F)(F)F)N1CC[C@@H](O)C1.I. The molecule has 1 fully saturated rings. The van der Waals surface area contributed by atoms with Gasteiger partial charge in [-0.05, 0) is 19.4 Å². The lowest BCUT2D eigenvalue weighted by molar-refractivity contribution is -0.274. The quantitative estimate of drug-likeness (QED) is 0.413. The van der Waals surface area contributed by atoms with Crippen molar-refractivity contribution in [1.82, 2.24) is 10.2 Å². The van der Waals surface area contributed by atoms with Gasteiger partial charge < -0.3 is 20.1 Å². The highest BCUT2D eigenvalue weighted by Crippen LogP contribution is 2.26. The van der Waals surface area contributed by atoms with Crippen LogP contribution in [0, 0.1) is 0 Å². The van der Waals surface area contributed by atoms with Crippen molar-refractivity contribution in [3.8, 4) is 5.75 Å². The van der Waals surface area contributed by atoms with Crippen LogP contribution in [-0.2, 0) is 6.54 Å². The Morgan fingerprint density at radius 3 is 2.71 bits per heavy atom. The Labute approximate surface area is 155 Å². The summed E-state index contributed by atoms with van der Waals surface area (Å²) in [4.78, 5) is 6.25. The number of hydrogen-bond donors (Lipinski definition) is 2. The Bertz CT molecular complexity index is 555. The van der Waals surface area contributed by atoms with Gasteiger partial charge in [0.2, 0.25) is 0 Å². The largest absolute Gasteiger partial charge is 0.573 e. The summed E-state index contributed by atoms with van der Waals surface area (Å²) in [5.41, 5.74) is 0.347. The Kier molecular flexibility index (Phi) is 8.07. The first-order chi connectivity index (χ1) is 10.9. The number of nitrogens with one attached hydrogen (secondary N) is 1. The second-order valence-electron chi connectivity index (χ2n) is 5.21. The maximum atomic E-state index is 12.4. The lowest BCUT2D eigenvalue weighted by atomic mass is 10.2. The molecule has 1 saturated heterocycles. The number of para-hydroxylation sites is 1. The number of halogens is 4. The summed E-state index contributed by atoms with van der Waals surface area (Å²) >= 11 is 0. The summed E-state index contributed by atoms with van der Waals surface area (Å²) in [6.07, 6.45) is -4.48. The average Bonchev–Trinajstić information content (AvgIpc) is 2.90. The van der Waals surface area contributed by atoms with Crippen LogP contribution in [0.2, 0.25) is 0 Å². The van der Waals surface area contributed by atoms with Gasteiger partial charge in [0.25, 0.3) is 0 Å². The third-order valence-electron chi connectivity index (χ3n) is 3.40. The third kappa shape index (κ3) is 6.34. The number of aliphatic hydroxyl groups excluding tert-OH is 1. The molecule has 0 spiro atoms. The summed E-state index contributed by atoms with van der Waals surface area (Å²) in [5, 5.41) is 12.7. The van der Waals surface area contributed by atoms with Crippen LogP contribution in [0.5, 0.6) is 5.75 Å². The number of nitrogens with zero attached hydrogens (tertiary/aromatic N) is 2. The molecule has 0 aromatic heterocycles. The number of aliphatic hydroxyl groups is 1. The summed E-state index contributed by atoms with van der Waals surface area (Å²) in [6.45, 7) is 3.72. The van der Waals surface area contributed by atoms with Crippen LogP contribution in [0.1, 0.15) is 18.9 Å². The van der Waals surface area contributed by atoms with E-state index in [0.717, 1.165) is 0 Å². The van der Waals surface area contributed by atoms with Gasteiger partial charge in [-0.1, -0.05) is 18.2 Å². The van der Waals surface area contributed by atoms with Gasteiger partial charge in [0, 0.05) is 25.2 Å². The number of guanidine groups is 1. The fourth-order valence-corrected chi connectivity index (χ4v) is 2.38. The van der Waals surface area contributed by atoms with Crippen molar-refractivity contribution in [2.45, 2.75) is 32.4 Å². The van der Waals surface area contributed by atoms with Gasteiger partial charge >= 0.3 is 6.36 Å². The van der Waals surface area contributed by atoms with Gasteiger partial charge in [-0.2, -0.15) is 0 Å². The number of aliphatic imine (C=N–C) groups is 1. The number of rotatable bonds is 4. The van der Waals surface area contributed by atoms with E-state index in [2.05, 4.69) is 15.0 Å². The van der Waals surface area contributed by atoms with E-state index in [-0.39, 0.29) is 36.3 Å². The Morgan fingerprint density at radius 2 is 2.12 bits per heavy atom. The van der Waals surface area contributed by atoms with E-state index in [0.29, 0.717) is 37.6 Å². The Morgan fingerprint density at radius 1 is 1.42 bits per heavy atom. The van der Waals surface area contributed by atoms with Gasteiger partial charge in [0.15, 0.2) is 5.96 Å². The molecule has 1 aliphatic rings. The molecule has 0 aliphatic carbocycles. The highest BCUT2D eigenvalue weighted by molar-refractivity contribution is 14.0. The van der Waals surface area contributed by atoms with Gasteiger partial charge in [-0.15, -0.1) is 37.1 Å². The molecular weight excluding hydrogens is 438 g/mol. The Hall–Kier alpha value is -1.23. The molecule has 0 amide bonds. The first-order valence-corrected chi connectivity index (χ1v) is 7.44. The minimum absolute atomic E-state index is 0. The predicted octanol–water partition coefficient (Wildman–Crippen LogP) is 2.74. The maximum Gasteiger partial charge on any atom is 0.573 e. The minimum atomic E-state index is -4.73. The van der Waals surface area contributed by atoms with E-state index in [1.807, 2.05) is 11.8 Å². The van der Waals surface area contributed by atoms with Crippen LogP contribution in [0.25, 0.3) is 0 Å². The molecule has 1 aromatic rings. The van der Waals surface area contributed by atoms with E-state index in [1.54, 1.807) is 12.1 Å². The summed E-state index contributed by atoms with van der Waals surface area (Å²) in [7, 11) is 0. The zero-order valence-electron chi connectivity index (χ0n) is 13.2. The van der Waals surface area contributed by atoms with E-state index in [1.165, 1.54) is 12.1 Å². The minimum Gasteiger partial charge on any atom is -0.405 e. The standard InChI is InChI=1S/C15H20F3N3O2.HI/c1-2-19-14(21-8-7-12(22)10-21)20-9-11-5-3-4-6-13(11)23-15(16,17)18;/h3-6,12,22H,2,7-10H2,1H3,(H,19,20);1H/t12-;/m1./s1. The predicted molar refractivity (Wildman–Crippen MR) is 95.6 cm³/mol. The molecule has 9 heteroatoms. The van der Waals surface area contributed by atoms with Gasteiger partial charge in [0.1, 0.15) is 5.75 Å². The highest BCUT2D eigenvalue weighted by Gasteiger charge is 2.32. The molecule has 136 valence electrons. The lowest BCUT2D eigenvalue weighted by Crippen LogP contribution is -2.40. The number of ether oxygens (including phenoxy) is 1. The second kappa shape index (κ2) is 9.30. The number of benzene rings is 1. The van der Waals surface area contributed by atoms with Gasteiger partial charge in [-0.3, -0.25) is 0 Å². The average molecular weight is 459 g/mol. The van der Waals surface area contributed by atoms with Gasteiger partial charge in [0.05, 0.1) is 12.6 Å². The molecule has 2 N–H and O–H groups in total. The third-order valence-corrected chi connectivity index (χ3v) is 3.40. The van der Waals surface area contributed by atoms with Gasteiger partial charge in [-0.25, -0.2) is 4.99 Å². The fraction of sp³-hybridized carbons (Fsp3) is 0.533. The lowest BCUT2D eigenvalue weighted by Gasteiger charge is -2.21. The van der Waals surface area contributed by atoms with Crippen LogP contribution < -0.4 is 10.1 Å². The summed E-state index contributed by atoms with van der Waals surface area (Å²) < 4.78 is 41.3. The molecule has 0 radical (unpaired) electrons. The maximum absolute atomic E-state index is 12.4. The van der Waals surface area contributed by atoms with E-state index < -0.39 is 12.5 Å². The fourth-order valence-electron chi connectivity index (χ4n) is 2.38. The van der Waals surface area contributed by atoms with Crippen LogP contribution in [0.4, 0.5) is 13.2 Å². The summed E-state index contributed by atoms with van der Waals surface area (Å²) in [6, 6.07) is 5.94. The summed E-state index contributed by atoms with van der Waals surface area (Å²) in [5.74, 6) is 0.326. The zero-order valence-corrected chi connectivity index (χ0v) is 15.5. The first-order valence-electron chi connectivity index (χ1n) is 7.44. The van der Waals surface area contributed by atoms with E-state index in [9.17, 15) is 18.3 Å². The van der Waals surface area contributed by atoms with Crippen molar-refractivity contribution in [3.63, 3.8) is 0 Å². The van der Waals surface area contributed by atoms with E-state index >= 15 is 0 Å². The molecule has 1 aromatic carbocycles. The van der Waals surface area contributed by atoms with Crippen molar-refractivity contribution in [2.75, 3.05) is 19.6 Å². The number of likely N-dealkylation sites (tertiary alicyclic amines) is 1. The van der Waals surface area contributed by atoms with Crippen LogP contribution in [0.15, 0.2) is 29.3 Å². The van der Waals surface area contributed by atoms with Crippen molar-refractivity contribution in [1.29, 1.82) is 0 Å². The van der Waals surface area contributed by atoms with Crippen molar-refractivity contribution < 1.29 is 23.0 Å². The van der Waals surface area contributed by atoms with Crippen LogP contribution >= 0.6 is 24.0 Å². The molecule has 0 unspecified atom stereocenters. The molecule has 0 saturated carbocycles. The molecule has 1 aliphatic heterocycles. The molecule has 1 heterocycles. The van der Waals surface area contributed by atoms with Crippen molar-refractivity contribution >= 4 is 29.9 Å². The number of hydrogen-bond acceptors (Lipinski definition) is 3. The smallest absolute Gasteiger partial charge is 0.405 e. The molecule has 0 bridgehead atoms. The highest BCUT2D eigenvalue weighted by atomic mass is 127. The number of alkyl halides is 3. The van der Waals surface area contributed by atoms with Crippen molar-refractivity contribution in [3.05, 3.63) is 29.8 Å². The monoisotopic (exact) mass is 459 g/mol. The van der Waals surface area contributed by atoms with Crippen LogP contribution in [-0.4, -0.2) is 48.1 Å². The molecule has 5 nitrogen and oxygen atoms in total. The molecule has 1 atom stereocenters. The topological polar surface area (TPSA) is 57.1 Å². The van der Waals surface area contributed by atoms with Crippen LogP contribution in [0.3, 0.4) is 0 Å². The Balaban J connectivity index is 0.00000288.